The van der Waals surface area contributed by atoms with E-state index in [-0.39, 0.29) is 0 Å². The molecule has 0 saturated heterocycles. The Labute approximate surface area is 152 Å². The van der Waals surface area contributed by atoms with Crippen LogP contribution in [0.5, 0.6) is 0 Å². The molecule has 4 rings (SSSR count). The molecule has 0 saturated carbocycles. The number of benzene rings is 4. The number of hydrogen-bond donors (Lipinski definition) is 0. The van der Waals surface area contributed by atoms with Crippen LogP contribution in [0.25, 0.3) is 0 Å². The van der Waals surface area contributed by atoms with E-state index < -0.39 is 15.0 Å². The van der Waals surface area contributed by atoms with Gasteiger partial charge in [-0.15, -0.1) is 0 Å². The van der Waals surface area contributed by atoms with Crippen molar-refractivity contribution in [2.75, 3.05) is 0 Å². The van der Waals surface area contributed by atoms with Gasteiger partial charge in [-0.2, -0.15) is 0 Å². The minimum atomic E-state index is -3.21. The first kappa shape index (κ1) is 16.0. The van der Waals surface area contributed by atoms with E-state index in [0.717, 1.165) is 0 Å². The molecule has 0 atom stereocenters. The van der Waals surface area contributed by atoms with Crippen LogP contribution in [0.2, 0.25) is 0 Å². The van der Waals surface area contributed by atoms with Crippen molar-refractivity contribution in [3.8, 4) is 0 Å². The van der Waals surface area contributed by atoms with Crippen LogP contribution in [-0.4, -0.2) is 15.0 Å². The molecule has 0 heterocycles. The second kappa shape index (κ2) is 7.18. The molecule has 0 N–H and O–H groups in total. The fourth-order valence-corrected chi connectivity index (χ4v) is 15.7. The molecule has 0 bridgehead atoms. The Kier molecular flexibility index (Phi) is 4.60. The van der Waals surface area contributed by atoms with Gasteiger partial charge in [-0.1, -0.05) is 0 Å². The molecule has 25 heavy (non-hydrogen) atoms. The van der Waals surface area contributed by atoms with Crippen molar-refractivity contribution >= 4 is 31.5 Å². The van der Waals surface area contributed by atoms with Gasteiger partial charge in [0.15, 0.2) is 0 Å². The Balaban J connectivity index is 2.13. The van der Waals surface area contributed by atoms with Gasteiger partial charge in [0.25, 0.3) is 0 Å². The van der Waals surface area contributed by atoms with Gasteiger partial charge in [-0.05, 0) is 0 Å². The summed E-state index contributed by atoms with van der Waals surface area (Å²) < 4.78 is 5.92. The van der Waals surface area contributed by atoms with Crippen molar-refractivity contribution in [3.63, 3.8) is 0 Å². The molecule has 120 valence electrons. The van der Waals surface area contributed by atoms with Crippen LogP contribution in [-0.2, 0) is 0 Å². The van der Waals surface area contributed by atoms with E-state index in [4.69, 9.17) is 0 Å². The summed E-state index contributed by atoms with van der Waals surface area (Å²) in [5.41, 5.74) is 0. The van der Waals surface area contributed by atoms with E-state index in [2.05, 4.69) is 121 Å². The standard InChI is InChI=1S/4C6H5.Ga/c4*1-2-4-6-5-3-1;/h4*1-5H;/q;;;;-1. The van der Waals surface area contributed by atoms with Crippen LogP contribution in [0.4, 0.5) is 0 Å². The molecule has 0 aliphatic carbocycles. The molecule has 0 radical (unpaired) electrons. The average Bonchev–Trinajstić information content (AvgIpc) is 2.72. The van der Waals surface area contributed by atoms with Gasteiger partial charge < -0.3 is 0 Å². The molecule has 0 aliphatic heterocycles. The summed E-state index contributed by atoms with van der Waals surface area (Å²) in [6.45, 7) is 0. The molecule has 0 aromatic heterocycles. The Morgan fingerprint density at radius 1 is 0.280 bits per heavy atom. The van der Waals surface area contributed by atoms with Gasteiger partial charge in [0.2, 0.25) is 0 Å². The Morgan fingerprint density at radius 2 is 0.480 bits per heavy atom. The van der Waals surface area contributed by atoms with Crippen LogP contribution < -0.4 is 16.5 Å². The third-order valence-corrected chi connectivity index (χ3v) is 16.8. The first-order chi connectivity index (χ1) is 12.4. The van der Waals surface area contributed by atoms with Crippen molar-refractivity contribution in [1.82, 2.24) is 0 Å². The van der Waals surface area contributed by atoms with Crippen LogP contribution in [0.15, 0.2) is 121 Å². The molecule has 1 heteroatoms. The molecule has 0 nitrogen and oxygen atoms in total. The van der Waals surface area contributed by atoms with E-state index in [1.54, 1.807) is 0 Å². The average molecular weight is 378 g/mol. The Bertz CT molecular complexity index is 753. The summed E-state index contributed by atoms with van der Waals surface area (Å²) >= 11 is -3.21. The van der Waals surface area contributed by atoms with Gasteiger partial charge >= 0.3 is 153 Å². The summed E-state index contributed by atoms with van der Waals surface area (Å²) in [6.07, 6.45) is 0. The zero-order chi connectivity index (χ0) is 17.0. The normalized spacial score (nSPS) is 11.2. The monoisotopic (exact) mass is 377 g/mol. The Morgan fingerprint density at radius 3 is 0.680 bits per heavy atom. The molecule has 4 aromatic carbocycles. The van der Waals surface area contributed by atoms with Crippen LogP contribution in [0.1, 0.15) is 0 Å². The van der Waals surface area contributed by atoms with Crippen LogP contribution >= 0.6 is 0 Å². The van der Waals surface area contributed by atoms with Gasteiger partial charge in [0.1, 0.15) is 0 Å². The van der Waals surface area contributed by atoms with Gasteiger partial charge in [-0.25, -0.2) is 0 Å². The van der Waals surface area contributed by atoms with E-state index in [0.29, 0.717) is 0 Å². The maximum atomic E-state index is 2.32. The predicted molar refractivity (Wildman–Crippen MR) is 110 cm³/mol. The fourth-order valence-electron chi connectivity index (χ4n) is 4.12. The van der Waals surface area contributed by atoms with E-state index in [1.165, 1.54) is 16.5 Å². The first-order valence-corrected chi connectivity index (χ1v) is 13.6. The molecule has 0 aliphatic rings. The minimum absolute atomic E-state index is 1.48. The second-order valence-corrected chi connectivity index (χ2v) is 15.7. The molecular formula is C24H20Ga-. The summed E-state index contributed by atoms with van der Waals surface area (Å²) in [5.74, 6) is 0. The van der Waals surface area contributed by atoms with Gasteiger partial charge in [0.05, 0.1) is 0 Å². The predicted octanol–water partition coefficient (Wildman–Crippen LogP) is 3.06. The van der Waals surface area contributed by atoms with Crippen molar-refractivity contribution < 1.29 is 0 Å². The fraction of sp³-hybridized carbons (Fsp3) is 0. The van der Waals surface area contributed by atoms with Crippen molar-refractivity contribution in [2.24, 2.45) is 0 Å². The van der Waals surface area contributed by atoms with Crippen molar-refractivity contribution in [3.05, 3.63) is 121 Å². The van der Waals surface area contributed by atoms with E-state index in [9.17, 15) is 0 Å². The molecule has 0 amide bonds. The maximum absolute atomic E-state index is 3.21. The molecule has 0 unspecified atom stereocenters. The second-order valence-electron chi connectivity index (χ2n) is 6.51. The summed E-state index contributed by atoms with van der Waals surface area (Å²) in [5, 5.41) is 0. The summed E-state index contributed by atoms with van der Waals surface area (Å²) in [4.78, 5) is 0. The zero-order valence-electron chi connectivity index (χ0n) is 14.1. The summed E-state index contributed by atoms with van der Waals surface area (Å²) in [7, 11) is 0. The number of rotatable bonds is 4. The van der Waals surface area contributed by atoms with E-state index >= 15 is 0 Å². The number of hydrogen-bond acceptors (Lipinski definition) is 0. The van der Waals surface area contributed by atoms with Crippen molar-refractivity contribution in [2.45, 2.75) is 0 Å². The molecule has 0 spiro atoms. The summed E-state index contributed by atoms with van der Waals surface area (Å²) in [6, 6.07) is 44.4. The van der Waals surface area contributed by atoms with Crippen LogP contribution in [0, 0.1) is 0 Å². The third kappa shape index (κ3) is 2.86. The molecular weight excluding hydrogens is 358 g/mol. The quantitative estimate of drug-likeness (QED) is 0.479. The SMILES string of the molecule is c1cc[c]([Ga-]([c]2ccccc2)([c]2ccccc2)[c]2ccccc2)cc1. The van der Waals surface area contributed by atoms with E-state index in [1.807, 2.05) is 0 Å². The van der Waals surface area contributed by atoms with Crippen molar-refractivity contribution in [1.29, 1.82) is 0 Å². The van der Waals surface area contributed by atoms with Crippen LogP contribution in [0.3, 0.4) is 0 Å². The molecule has 4 aromatic rings. The molecule has 0 fully saturated rings. The zero-order valence-corrected chi connectivity index (χ0v) is 16.5. The Hall–Kier alpha value is -2.48. The third-order valence-electron chi connectivity index (χ3n) is 5.20. The topological polar surface area (TPSA) is 0 Å². The van der Waals surface area contributed by atoms with Gasteiger partial charge in [-0.3, -0.25) is 0 Å². The first-order valence-electron chi connectivity index (χ1n) is 8.80. The van der Waals surface area contributed by atoms with Gasteiger partial charge in [0, 0.05) is 0 Å².